The normalized spacial score (nSPS) is 23.2. The lowest BCUT2D eigenvalue weighted by Crippen LogP contribution is -2.47. The van der Waals surface area contributed by atoms with E-state index < -0.39 is 0 Å². The number of piperidine rings is 1. The van der Waals surface area contributed by atoms with Crippen LogP contribution in [0.4, 0.5) is 0 Å². The molecule has 4 N–H and O–H groups in total. The second-order valence-electron chi connectivity index (χ2n) is 5.95. The summed E-state index contributed by atoms with van der Waals surface area (Å²) in [6.45, 7) is 5.80. The van der Waals surface area contributed by atoms with Crippen LogP contribution >= 0.6 is 0 Å². The molecule has 2 rings (SSSR count). The molecule has 0 aliphatic carbocycles. The van der Waals surface area contributed by atoms with Gasteiger partial charge in [-0.15, -0.1) is 0 Å². The van der Waals surface area contributed by atoms with Gasteiger partial charge in [0.05, 0.1) is 5.92 Å². The molecule has 4 heteroatoms. The second-order valence-corrected chi connectivity index (χ2v) is 5.95. The van der Waals surface area contributed by atoms with Crippen molar-refractivity contribution in [2.45, 2.75) is 38.8 Å². The Balaban J connectivity index is 2.20. The first-order chi connectivity index (χ1) is 9.49. The lowest BCUT2D eigenvalue weighted by molar-refractivity contribution is -0.123. The largest absolute Gasteiger partial charge is 0.369 e. The van der Waals surface area contributed by atoms with Crippen LogP contribution in [0.2, 0.25) is 0 Å². The van der Waals surface area contributed by atoms with Crippen LogP contribution in [0.15, 0.2) is 24.3 Å². The van der Waals surface area contributed by atoms with Crippen molar-refractivity contribution in [2.24, 2.45) is 17.4 Å². The smallest absolute Gasteiger partial charge is 0.221 e. The molecule has 0 saturated carbocycles. The fourth-order valence-corrected chi connectivity index (χ4v) is 3.10. The molecule has 3 atom stereocenters. The van der Waals surface area contributed by atoms with Gasteiger partial charge in [-0.1, -0.05) is 29.8 Å². The summed E-state index contributed by atoms with van der Waals surface area (Å²) in [4.78, 5) is 13.8. The third-order valence-electron chi connectivity index (χ3n) is 4.17. The Labute approximate surface area is 121 Å². The number of nitrogens with zero attached hydrogens (tertiary/aromatic N) is 1. The van der Waals surface area contributed by atoms with E-state index in [1.807, 2.05) is 6.92 Å². The number of hydrogen-bond acceptors (Lipinski definition) is 3. The van der Waals surface area contributed by atoms with Crippen LogP contribution in [0, 0.1) is 12.8 Å². The lowest BCUT2D eigenvalue weighted by Gasteiger charge is -2.39. The van der Waals surface area contributed by atoms with Crippen LogP contribution in [0.3, 0.4) is 0 Å². The van der Waals surface area contributed by atoms with Gasteiger partial charge in [-0.2, -0.15) is 0 Å². The van der Waals surface area contributed by atoms with Crippen LogP contribution in [0.25, 0.3) is 0 Å². The van der Waals surface area contributed by atoms with Crippen molar-refractivity contribution >= 4 is 5.91 Å². The summed E-state index contributed by atoms with van der Waals surface area (Å²) in [5.41, 5.74) is 14.1. The molecule has 0 bridgehead atoms. The molecule has 4 nitrogen and oxygen atoms in total. The van der Waals surface area contributed by atoms with Crippen molar-refractivity contribution in [1.82, 2.24) is 4.90 Å². The van der Waals surface area contributed by atoms with E-state index in [0.29, 0.717) is 0 Å². The molecule has 1 aromatic carbocycles. The Morgan fingerprint density at radius 2 is 2.00 bits per heavy atom. The maximum atomic E-state index is 11.4. The number of carbonyl (C=O) groups is 1. The molecule has 0 aromatic heterocycles. The lowest BCUT2D eigenvalue weighted by atomic mass is 9.91. The summed E-state index contributed by atoms with van der Waals surface area (Å²) >= 11 is 0. The van der Waals surface area contributed by atoms with Crippen molar-refractivity contribution in [3.63, 3.8) is 0 Å². The van der Waals surface area contributed by atoms with E-state index in [-0.39, 0.29) is 23.9 Å². The number of rotatable bonds is 4. The van der Waals surface area contributed by atoms with Gasteiger partial charge >= 0.3 is 0 Å². The highest BCUT2D eigenvalue weighted by molar-refractivity contribution is 5.76. The summed E-state index contributed by atoms with van der Waals surface area (Å²) in [7, 11) is 0. The molecule has 1 amide bonds. The first kappa shape index (κ1) is 15.0. The first-order valence-electron chi connectivity index (χ1n) is 7.34. The average Bonchev–Trinajstić information content (AvgIpc) is 2.41. The topological polar surface area (TPSA) is 72.3 Å². The number of benzene rings is 1. The molecule has 0 spiro atoms. The Hall–Kier alpha value is -1.39. The van der Waals surface area contributed by atoms with Gasteiger partial charge in [-0.25, -0.2) is 0 Å². The predicted molar refractivity (Wildman–Crippen MR) is 81.1 cm³/mol. The minimum Gasteiger partial charge on any atom is -0.369 e. The average molecular weight is 275 g/mol. The van der Waals surface area contributed by atoms with Gasteiger partial charge < -0.3 is 11.5 Å². The molecule has 3 unspecified atom stereocenters. The van der Waals surface area contributed by atoms with E-state index in [9.17, 15) is 4.79 Å². The molecular formula is C16H25N3O. The maximum absolute atomic E-state index is 11.4. The monoisotopic (exact) mass is 275 g/mol. The highest BCUT2D eigenvalue weighted by Gasteiger charge is 2.31. The molecule has 1 aliphatic heterocycles. The third kappa shape index (κ3) is 3.38. The molecule has 20 heavy (non-hydrogen) atoms. The minimum atomic E-state index is -0.193. The van der Waals surface area contributed by atoms with Gasteiger partial charge in [0.2, 0.25) is 5.91 Å². The minimum absolute atomic E-state index is 0.0179. The highest BCUT2D eigenvalue weighted by atomic mass is 16.1. The zero-order valence-corrected chi connectivity index (χ0v) is 12.4. The summed E-state index contributed by atoms with van der Waals surface area (Å²) in [6, 6.07) is 8.66. The molecule has 0 radical (unpaired) electrons. The first-order valence-corrected chi connectivity index (χ1v) is 7.34. The van der Waals surface area contributed by atoms with Gasteiger partial charge in [0.25, 0.3) is 0 Å². The Kier molecular flexibility index (Phi) is 4.78. The number of aryl methyl sites for hydroxylation is 1. The number of likely N-dealkylation sites (tertiary alicyclic amines) is 1. The van der Waals surface area contributed by atoms with Crippen LogP contribution < -0.4 is 11.5 Å². The van der Waals surface area contributed by atoms with Crippen LogP contribution in [-0.2, 0) is 4.79 Å². The zero-order chi connectivity index (χ0) is 14.7. The Morgan fingerprint density at radius 1 is 1.35 bits per heavy atom. The molecule has 1 fully saturated rings. The SMILES string of the molecule is Cc1ccc(C(C(C)N)N2CCCC(C(N)=O)C2)cc1. The number of primary amides is 1. The van der Waals surface area contributed by atoms with Crippen molar-refractivity contribution in [1.29, 1.82) is 0 Å². The second kappa shape index (κ2) is 6.37. The van der Waals surface area contributed by atoms with Gasteiger partial charge in [0.1, 0.15) is 0 Å². The van der Waals surface area contributed by atoms with Crippen molar-refractivity contribution < 1.29 is 4.79 Å². The summed E-state index contributed by atoms with van der Waals surface area (Å²) in [5.74, 6) is -0.238. The molecule has 1 heterocycles. The summed E-state index contributed by atoms with van der Waals surface area (Å²) < 4.78 is 0. The molecule has 1 saturated heterocycles. The Morgan fingerprint density at radius 3 is 2.55 bits per heavy atom. The Bertz CT molecular complexity index is 455. The highest BCUT2D eigenvalue weighted by Crippen LogP contribution is 2.29. The van der Waals surface area contributed by atoms with Crippen LogP contribution in [0.5, 0.6) is 0 Å². The van der Waals surface area contributed by atoms with Gasteiger partial charge in [-0.3, -0.25) is 9.69 Å². The predicted octanol–water partition coefficient (Wildman–Crippen LogP) is 1.58. The number of hydrogen-bond donors (Lipinski definition) is 2. The van der Waals surface area contributed by atoms with Gasteiger partial charge in [-0.05, 0) is 38.8 Å². The fourth-order valence-electron chi connectivity index (χ4n) is 3.10. The van der Waals surface area contributed by atoms with E-state index in [2.05, 4.69) is 36.1 Å². The van der Waals surface area contributed by atoms with E-state index in [1.165, 1.54) is 11.1 Å². The van der Waals surface area contributed by atoms with Gasteiger partial charge in [0.15, 0.2) is 0 Å². The molecule has 1 aromatic rings. The third-order valence-corrected chi connectivity index (χ3v) is 4.17. The summed E-state index contributed by atoms with van der Waals surface area (Å²) in [5, 5.41) is 0. The van der Waals surface area contributed by atoms with Crippen LogP contribution in [-0.4, -0.2) is 29.9 Å². The van der Waals surface area contributed by atoms with Gasteiger partial charge in [0, 0.05) is 18.6 Å². The fraction of sp³-hybridized carbons (Fsp3) is 0.562. The summed E-state index contributed by atoms with van der Waals surface area (Å²) in [6.07, 6.45) is 1.90. The van der Waals surface area contributed by atoms with Crippen molar-refractivity contribution in [3.05, 3.63) is 35.4 Å². The molecule has 1 aliphatic rings. The van der Waals surface area contributed by atoms with Crippen molar-refractivity contribution in [2.75, 3.05) is 13.1 Å². The standard InChI is InChI=1S/C16H25N3O/c1-11-5-7-13(8-6-11)15(12(2)17)19-9-3-4-14(10-19)16(18)20/h5-8,12,14-15H,3-4,9-10,17H2,1-2H3,(H2,18,20). The molecule has 110 valence electrons. The number of carbonyl (C=O) groups excluding carboxylic acids is 1. The van der Waals surface area contributed by atoms with Crippen LogP contribution in [0.1, 0.15) is 36.9 Å². The zero-order valence-electron chi connectivity index (χ0n) is 12.4. The van der Waals surface area contributed by atoms with E-state index in [0.717, 1.165) is 25.9 Å². The van der Waals surface area contributed by atoms with E-state index >= 15 is 0 Å². The van der Waals surface area contributed by atoms with E-state index in [4.69, 9.17) is 11.5 Å². The quantitative estimate of drug-likeness (QED) is 0.876. The molecular weight excluding hydrogens is 250 g/mol. The number of amides is 1. The van der Waals surface area contributed by atoms with E-state index in [1.54, 1.807) is 0 Å². The van der Waals surface area contributed by atoms with Crippen molar-refractivity contribution in [3.8, 4) is 0 Å². The number of nitrogens with two attached hydrogens (primary N) is 2. The maximum Gasteiger partial charge on any atom is 0.221 e.